The van der Waals surface area contributed by atoms with Gasteiger partial charge in [0, 0.05) is 10.0 Å². The zero-order valence-corrected chi connectivity index (χ0v) is 16.5. The number of halogens is 1. The Labute approximate surface area is 165 Å². The van der Waals surface area contributed by atoms with Gasteiger partial charge in [0.15, 0.2) is 5.13 Å². The van der Waals surface area contributed by atoms with E-state index in [-0.39, 0.29) is 12.5 Å². The number of fused-ring (bicyclic) bond motifs is 1. The molecule has 0 atom stereocenters. The lowest BCUT2D eigenvalue weighted by Gasteiger charge is -2.01. The van der Waals surface area contributed by atoms with Gasteiger partial charge < -0.3 is 5.32 Å². The number of anilines is 2. The van der Waals surface area contributed by atoms with E-state index in [9.17, 15) is 4.79 Å². The van der Waals surface area contributed by atoms with Gasteiger partial charge in [-0.05, 0) is 18.2 Å². The molecule has 2 aromatic heterocycles. The standard InChI is InChI=1S/C17H12BrN5OS2/c18-11-6-7-12-13(8-11)25-16(20-12)19-9-14(24)21-17-23-22-15(26-17)10-4-2-1-3-5-10/h1-8H,9H2,(H,19,20)(H,21,23,24). The van der Waals surface area contributed by atoms with Gasteiger partial charge in [-0.1, -0.05) is 68.9 Å². The number of hydrogen-bond donors (Lipinski definition) is 2. The lowest BCUT2D eigenvalue weighted by molar-refractivity contribution is -0.114. The van der Waals surface area contributed by atoms with Gasteiger partial charge in [-0.2, -0.15) is 0 Å². The van der Waals surface area contributed by atoms with E-state index in [0.29, 0.717) is 10.3 Å². The quantitative estimate of drug-likeness (QED) is 0.468. The Bertz CT molecular complexity index is 1060. The molecule has 0 saturated heterocycles. The van der Waals surface area contributed by atoms with E-state index in [1.165, 1.54) is 22.7 Å². The Hall–Kier alpha value is -2.36. The summed E-state index contributed by atoms with van der Waals surface area (Å²) >= 11 is 6.29. The molecule has 2 aromatic carbocycles. The first-order valence-electron chi connectivity index (χ1n) is 7.66. The molecule has 4 aromatic rings. The first-order valence-corrected chi connectivity index (χ1v) is 10.1. The first-order chi connectivity index (χ1) is 12.7. The molecule has 0 saturated carbocycles. The summed E-state index contributed by atoms with van der Waals surface area (Å²) in [6.07, 6.45) is 0. The average Bonchev–Trinajstić information content (AvgIpc) is 3.27. The maximum atomic E-state index is 12.1. The van der Waals surface area contributed by atoms with Crippen LogP contribution in [0, 0.1) is 0 Å². The van der Waals surface area contributed by atoms with Crippen molar-refractivity contribution >= 4 is 65.0 Å². The van der Waals surface area contributed by atoms with Crippen LogP contribution in [-0.2, 0) is 4.79 Å². The van der Waals surface area contributed by atoms with Crippen LogP contribution in [-0.4, -0.2) is 27.6 Å². The number of aromatic nitrogens is 3. The molecular formula is C17H12BrN5OS2. The summed E-state index contributed by atoms with van der Waals surface area (Å²) in [5, 5.41) is 15.9. The van der Waals surface area contributed by atoms with Crippen molar-refractivity contribution in [3.63, 3.8) is 0 Å². The molecule has 0 radical (unpaired) electrons. The molecule has 0 unspecified atom stereocenters. The largest absolute Gasteiger partial charge is 0.352 e. The minimum absolute atomic E-state index is 0.112. The van der Waals surface area contributed by atoms with Gasteiger partial charge >= 0.3 is 0 Å². The predicted molar refractivity (Wildman–Crippen MR) is 110 cm³/mol. The highest BCUT2D eigenvalue weighted by atomic mass is 79.9. The summed E-state index contributed by atoms with van der Waals surface area (Å²) in [5.41, 5.74) is 1.88. The van der Waals surface area contributed by atoms with Crippen LogP contribution in [0.25, 0.3) is 20.8 Å². The van der Waals surface area contributed by atoms with E-state index < -0.39 is 0 Å². The maximum absolute atomic E-state index is 12.1. The lowest BCUT2D eigenvalue weighted by atomic mass is 10.2. The van der Waals surface area contributed by atoms with Crippen molar-refractivity contribution in [2.24, 2.45) is 0 Å². The third-order valence-corrected chi connectivity index (χ3v) is 5.80. The molecule has 0 aliphatic rings. The summed E-state index contributed by atoms with van der Waals surface area (Å²) in [7, 11) is 0. The number of carbonyl (C=O) groups is 1. The maximum Gasteiger partial charge on any atom is 0.245 e. The van der Waals surface area contributed by atoms with Crippen LogP contribution in [0.3, 0.4) is 0 Å². The lowest BCUT2D eigenvalue weighted by Crippen LogP contribution is -2.21. The smallest absolute Gasteiger partial charge is 0.245 e. The monoisotopic (exact) mass is 445 g/mol. The summed E-state index contributed by atoms with van der Waals surface area (Å²) < 4.78 is 2.06. The van der Waals surface area contributed by atoms with Crippen molar-refractivity contribution < 1.29 is 4.79 Å². The Morgan fingerprint density at radius 2 is 1.88 bits per heavy atom. The topological polar surface area (TPSA) is 79.8 Å². The van der Waals surface area contributed by atoms with Crippen molar-refractivity contribution in [3.8, 4) is 10.6 Å². The van der Waals surface area contributed by atoms with Gasteiger partial charge in [0.1, 0.15) is 5.01 Å². The van der Waals surface area contributed by atoms with E-state index >= 15 is 0 Å². The molecule has 1 amide bonds. The second-order valence-electron chi connectivity index (χ2n) is 5.31. The van der Waals surface area contributed by atoms with Gasteiger partial charge in [0.05, 0.1) is 16.8 Å². The number of nitrogens with zero attached hydrogens (tertiary/aromatic N) is 3. The fraction of sp³-hybridized carbons (Fsp3) is 0.0588. The minimum Gasteiger partial charge on any atom is -0.352 e. The van der Waals surface area contributed by atoms with E-state index in [0.717, 1.165) is 25.3 Å². The molecule has 0 spiro atoms. The van der Waals surface area contributed by atoms with Crippen LogP contribution in [0.4, 0.5) is 10.3 Å². The molecule has 26 heavy (non-hydrogen) atoms. The molecule has 2 N–H and O–H groups in total. The predicted octanol–water partition coefficient (Wildman–Crippen LogP) is 4.63. The summed E-state index contributed by atoms with van der Waals surface area (Å²) in [4.78, 5) is 16.6. The fourth-order valence-electron chi connectivity index (χ4n) is 2.26. The number of benzene rings is 2. The second-order valence-corrected chi connectivity index (χ2v) is 8.24. The Balaban J connectivity index is 1.37. The molecule has 130 valence electrons. The van der Waals surface area contributed by atoms with Crippen LogP contribution in [0.2, 0.25) is 0 Å². The van der Waals surface area contributed by atoms with Crippen molar-refractivity contribution in [1.82, 2.24) is 15.2 Å². The molecule has 2 heterocycles. The van der Waals surface area contributed by atoms with Gasteiger partial charge in [0.25, 0.3) is 0 Å². The van der Waals surface area contributed by atoms with Gasteiger partial charge in [-0.3, -0.25) is 10.1 Å². The third kappa shape index (κ3) is 3.90. The molecule has 0 fully saturated rings. The van der Waals surface area contributed by atoms with Crippen molar-refractivity contribution in [2.75, 3.05) is 17.2 Å². The highest BCUT2D eigenvalue weighted by molar-refractivity contribution is 9.10. The minimum atomic E-state index is -0.193. The van der Waals surface area contributed by atoms with E-state index in [1.54, 1.807) is 0 Å². The Morgan fingerprint density at radius 3 is 2.73 bits per heavy atom. The van der Waals surface area contributed by atoms with Gasteiger partial charge in [-0.25, -0.2) is 4.98 Å². The highest BCUT2D eigenvalue weighted by Gasteiger charge is 2.10. The van der Waals surface area contributed by atoms with Crippen molar-refractivity contribution in [3.05, 3.63) is 53.0 Å². The number of amides is 1. The van der Waals surface area contributed by atoms with Crippen LogP contribution in [0.1, 0.15) is 0 Å². The number of thiazole rings is 1. The average molecular weight is 446 g/mol. The Morgan fingerprint density at radius 1 is 1.04 bits per heavy atom. The molecule has 0 aliphatic carbocycles. The van der Waals surface area contributed by atoms with E-state index in [1.807, 2.05) is 48.5 Å². The number of nitrogens with one attached hydrogen (secondary N) is 2. The van der Waals surface area contributed by atoms with Crippen molar-refractivity contribution in [2.45, 2.75) is 0 Å². The summed E-state index contributed by atoms with van der Waals surface area (Å²) in [6, 6.07) is 15.6. The second kappa shape index (κ2) is 7.48. The first kappa shape index (κ1) is 17.1. The van der Waals surface area contributed by atoms with Crippen LogP contribution >= 0.6 is 38.6 Å². The van der Waals surface area contributed by atoms with Gasteiger partial charge in [0.2, 0.25) is 11.0 Å². The van der Waals surface area contributed by atoms with E-state index in [2.05, 4.69) is 41.7 Å². The highest BCUT2D eigenvalue weighted by Crippen LogP contribution is 2.28. The number of hydrogen-bond acceptors (Lipinski definition) is 7. The Kier molecular flexibility index (Phi) is 4.91. The van der Waals surface area contributed by atoms with Crippen LogP contribution in [0.15, 0.2) is 53.0 Å². The molecule has 4 rings (SSSR count). The van der Waals surface area contributed by atoms with Crippen LogP contribution in [0.5, 0.6) is 0 Å². The van der Waals surface area contributed by atoms with E-state index in [4.69, 9.17) is 0 Å². The summed E-state index contributed by atoms with van der Waals surface area (Å²) in [5.74, 6) is -0.193. The molecule has 0 bridgehead atoms. The fourth-order valence-corrected chi connectivity index (χ4v) is 4.44. The number of carbonyl (C=O) groups excluding carboxylic acids is 1. The zero-order chi connectivity index (χ0) is 17.9. The molecule has 9 heteroatoms. The third-order valence-electron chi connectivity index (χ3n) is 3.44. The molecular weight excluding hydrogens is 434 g/mol. The zero-order valence-electron chi connectivity index (χ0n) is 13.3. The SMILES string of the molecule is O=C(CNc1nc2ccc(Br)cc2s1)Nc1nnc(-c2ccccc2)s1. The molecule has 6 nitrogen and oxygen atoms in total. The summed E-state index contributed by atoms with van der Waals surface area (Å²) in [6.45, 7) is 0.112. The van der Waals surface area contributed by atoms with Crippen molar-refractivity contribution in [1.29, 1.82) is 0 Å². The molecule has 0 aliphatic heterocycles. The number of rotatable bonds is 5. The normalized spacial score (nSPS) is 10.8. The van der Waals surface area contributed by atoms with Gasteiger partial charge in [-0.15, -0.1) is 10.2 Å². The van der Waals surface area contributed by atoms with Crippen LogP contribution < -0.4 is 10.6 Å².